The number of carbonyl (C=O) groups excluding carboxylic acids is 1. The lowest BCUT2D eigenvalue weighted by Crippen LogP contribution is -2.34. The molecule has 1 amide bonds. The second-order valence-corrected chi connectivity index (χ2v) is 6.93. The van der Waals surface area contributed by atoms with E-state index >= 15 is 0 Å². The van der Waals surface area contributed by atoms with Crippen molar-refractivity contribution in [3.63, 3.8) is 0 Å². The number of nitrogens with one attached hydrogen (secondary N) is 2. The molecule has 0 aliphatic rings. The molecule has 4 N–H and O–H groups in total. The van der Waals surface area contributed by atoms with E-state index in [-0.39, 0.29) is 29.8 Å². The number of sulfonamides is 1. The highest BCUT2D eigenvalue weighted by atomic mass is 32.2. The van der Waals surface area contributed by atoms with Crippen LogP contribution in [0.15, 0.2) is 23.1 Å². The van der Waals surface area contributed by atoms with Crippen molar-refractivity contribution in [2.45, 2.75) is 44.7 Å². The monoisotopic (exact) mass is 313 g/mol. The summed E-state index contributed by atoms with van der Waals surface area (Å²) in [6, 6.07) is 4.85. The second-order valence-electron chi connectivity index (χ2n) is 5.16. The maximum atomic E-state index is 12.1. The average Bonchev–Trinajstić information content (AvgIpc) is 2.37. The van der Waals surface area contributed by atoms with Crippen molar-refractivity contribution in [2.24, 2.45) is 5.73 Å². The molecule has 0 fully saturated rings. The molecule has 21 heavy (non-hydrogen) atoms. The first kappa shape index (κ1) is 17.6. The summed E-state index contributed by atoms with van der Waals surface area (Å²) >= 11 is 0. The van der Waals surface area contributed by atoms with Crippen molar-refractivity contribution >= 4 is 15.9 Å². The fourth-order valence-electron chi connectivity index (χ4n) is 1.84. The van der Waals surface area contributed by atoms with Crippen LogP contribution >= 0.6 is 0 Å². The van der Waals surface area contributed by atoms with Crippen LogP contribution in [0.25, 0.3) is 0 Å². The van der Waals surface area contributed by atoms with Crippen LogP contribution in [-0.2, 0) is 21.4 Å². The predicted octanol–water partition coefficient (Wildman–Crippen LogP) is 0.647. The first-order chi connectivity index (χ1) is 9.76. The van der Waals surface area contributed by atoms with Gasteiger partial charge in [0.2, 0.25) is 15.9 Å². The Hall–Kier alpha value is -1.44. The van der Waals surface area contributed by atoms with E-state index in [1.165, 1.54) is 6.07 Å². The Morgan fingerprint density at radius 3 is 2.52 bits per heavy atom. The minimum absolute atomic E-state index is 0.0422. The Labute approximate surface area is 126 Å². The van der Waals surface area contributed by atoms with Gasteiger partial charge in [-0.3, -0.25) is 4.79 Å². The largest absolute Gasteiger partial charge is 0.354 e. The fourth-order valence-corrected chi connectivity index (χ4v) is 2.96. The molecule has 0 aliphatic carbocycles. The van der Waals surface area contributed by atoms with Gasteiger partial charge in [0.25, 0.3) is 0 Å². The lowest BCUT2D eigenvalue weighted by Gasteiger charge is -2.10. The van der Waals surface area contributed by atoms with Crippen molar-refractivity contribution < 1.29 is 13.2 Å². The quantitative estimate of drug-likeness (QED) is 0.688. The Kier molecular flexibility index (Phi) is 6.32. The maximum absolute atomic E-state index is 12.1. The van der Waals surface area contributed by atoms with Gasteiger partial charge in [0.1, 0.15) is 0 Å². The van der Waals surface area contributed by atoms with E-state index in [1.807, 2.05) is 20.8 Å². The normalized spacial score (nSPS) is 11.7. The highest BCUT2D eigenvalue weighted by molar-refractivity contribution is 7.89. The molecule has 0 saturated carbocycles. The van der Waals surface area contributed by atoms with E-state index in [1.54, 1.807) is 12.1 Å². The van der Waals surface area contributed by atoms with Gasteiger partial charge in [0.15, 0.2) is 0 Å². The molecule has 6 nitrogen and oxygen atoms in total. The van der Waals surface area contributed by atoms with E-state index in [0.717, 1.165) is 11.1 Å². The van der Waals surface area contributed by atoms with E-state index in [9.17, 15) is 13.2 Å². The zero-order valence-electron chi connectivity index (χ0n) is 12.6. The van der Waals surface area contributed by atoms with Crippen LogP contribution < -0.4 is 15.8 Å². The molecule has 7 heteroatoms. The Morgan fingerprint density at radius 2 is 2.00 bits per heavy atom. The van der Waals surface area contributed by atoms with Crippen LogP contribution in [0.3, 0.4) is 0 Å². The molecule has 1 aromatic rings. The first-order valence-corrected chi connectivity index (χ1v) is 8.33. The summed E-state index contributed by atoms with van der Waals surface area (Å²) in [5.41, 5.74) is 7.29. The highest BCUT2D eigenvalue weighted by Crippen LogP contribution is 2.14. The summed E-state index contributed by atoms with van der Waals surface area (Å²) in [6.07, 6.45) is 0.108. The number of aryl methyl sites for hydroxylation is 1. The number of nitrogens with two attached hydrogens (primary N) is 1. The van der Waals surface area contributed by atoms with Crippen LogP contribution in [0.2, 0.25) is 0 Å². The lowest BCUT2D eigenvalue weighted by atomic mass is 10.1. The SMILES string of the molecule is Cc1cc(S(=O)(=O)NCCC(=O)NC(C)C)ccc1CN. The fraction of sp³-hybridized carbons (Fsp3) is 0.500. The summed E-state index contributed by atoms with van der Waals surface area (Å²) in [7, 11) is -3.60. The van der Waals surface area contributed by atoms with Crippen molar-refractivity contribution in [2.75, 3.05) is 6.54 Å². The summed E-state index contributed by atoms with van der Waals surface area (Å²) in [5.74, 6) is -0.178. The van der Waals surface area contributed by atoms with Crippen LogP contribution in [0.5, 0.6) is 0 Å². The summed E-state index contributed by atoms with van der Waals surface area (Å²) in [4.78, 5) is 11.6. The van der Waals surface area contributed by atoms with Gasteiger partial charge in [-0.1, -0.05) is 6.07 Å². The molecule has 0 bridgehead atoms. The Balaban J connectivity index is 2.66. The average molecular weight is 313 g/mol. The van der Waals surface area contributed by atoms with Gasteiger partial charge in [-0.05, 0) is 44.0 Å². The van der Waals surface area contributed by atoms with Crippen molar-refractivity contribution in [1.29, 1.82) is 0 Å². The number of rotatable bonds is 7. The molecule has 118 valence electrons. The number of benzene rings is 1. The Morgan fingerprint density at radius 1 is 1.33 bits per heavy atom. The van der Waals surface area contributed by atoms with Crippen molar-refractivity contribution in [3.05, 3.63) is 29.3 Å². The number of carbonyl (C=O) groups is 1. The van der Waals surface area contributed by atoms with Gasteiger partial charge in [-0.25, -0.2) is 13.1 Å². The molecular weight excluding hydrogens is 290 g/mol. The predicted molar refractivity (Wildman–Crippen MR) is 82.2 cm³/mol. The van der Waals surface area contributed by atoms with Crippen LogP contribution in [0.1, 0.15) is 31.4 Å². The molecule has 0 unspecified atom stereocenters. The van der Waals surface area contributed by atoms with Crippen molar-refractivity contribution in [1.82, 2.24) is 10.0 Å². The van der Waals surface area contributed by atoms with Crippen LogP contribution in [-0.4, -0.2) is 26.9 Å². The minimum atomic E-state index is -3.60. The van der Waals surface area contributed by atoms with Gasteiger partial charge in [0.05, 0.1) is 4.90 Å². The third-order valence-electron chi connectivity index (χ3n) is 2.94. The number of amides is 1. The van der Waals surface area contributed by atoms with Gasteiger partial charge in [0, 0.05) is 25.6 Å². The van der Waals surface area contributed by atoms with Crippen LogP contribution in [0, 0.1) is 6.92 Å². The van der Waals surface area contributed by atoms with E-state index < -0.39 is 10.0 Å². The van der Waals surface area contributed by atoms with Gasteiger partial charge in [-0.2, -0.15) is 0 Å². The highest BCUT2D eigenvalue weighted by Gasteiger charge is 2.15. The molecule has 1 aromatic carbocycles. The molecule has 0 heterocycles. The zero-order valence-corrected chi connectivity index (χ0v) is 13.5. The summed E-state index contributed by atoms with van der Waals surface area (Å²) in [6.45, 7) is 5.96. The molecule has 0 aromatic heterocycles. The van der Waals surface area contributed by atoms with Crippen molar-refractivity contribution in [3.8, 4) is 0 Å². The van der Waals surface area contributed by atoms with Gasteiger partial charge < -0.3 is 11.1 Å². The topological polar surface area (TPSA) is 101 Å². The lowest BCUT2D eigenvalue weighted by molar-refractivity contribution is -0.121. The third-order valence-corrected chi connectivity index (χ3v) is 4.40. The van der Waals surface area contributed by atoms with E-state index in [2.05, 4.69) is 10.0 Å². The smallest absolute Gasteiger partial charge is 0.240 e. The van der Waals surface area contributed by atoms with E-state index in [0.29, 0.717) is 6.54 Å². The van der Waals surface area contributed by atoms with Gasteiger partial charge >= 0.3 is 0 Å². The Bertz CT molecular complexity index is 597. The molecule has 0 spiro atoms. The first-order valence-electron chi connectivity index (χ1n) is 6.85. The second kappa shape index (κ2) is 7.53. The number of hydrogen-bond donors (Lipinski definition) is 3. The standard InChI is InChI=1S/C14H23N3O3S/c1-10(2)17-14(18)6-7-16-21(19,20)13-5-4-12(9-15)11(3)8-13/h4-5,8,10,16H,6-7,9,15H2,1-3H3,(H,17,18). The summed E-state index contributed by atoms with van der Waals surface area (Å²) in [5, 5.41) is 2.71. The summed E-state index contributed by atoms with van der Waals surface area (Å²) < 4.78 is 26.7. The van der Waals surface area contributed by atoms with Gasteiger partial charge in [-0.15, -0.1) is 0 Å². The molecule has 0 atom stereocenters. The molecule has 0 aliphatic heterocycles. The molecule has 0 radical (unpaired) electrons. The zero-order chi connectivity index (χ0) is 16.0. The maximum Gasteiger partial charge on any atom is 0.240 e. The minimum Gasteiger partial charge on any atom is -0.354 e. The molecule has 0 saturated heterocycles. The molecule has 1 rings (SSSR count). The van der Waals surface area contributed by atoms with Crippen LogP contribution in [0.4, 0.5) is 0 Å². The third kappa shape index (κ3) is 5.45. The molecular formula is C14H23N3O3S. The number of hydrogen-bond acceptors (Lipinski definition) is 4. The van der Waals surface area contributed by atoms with E-state index in [4.69, 9.17) is 5.73 Å².